The summed E-state index contributed by atoms with van der Waals surface area (Å²) in [4.78, 5) is 19.2. The number of aromatic nitrogens is 2. The summed E-state index contributed by atoms with van der Waals surface area (Å²) < 4.78 is 5.65. The molecule has 0 aliphatic carbocycles. The zero-order chi connectivity index (χ0) is 13.2. The molecule has 0 unspecified atom stereocenters. The number of carbonyl (C=O) groups is 1. The van der Waals surface area contributed by atoms with Crippen LogP contribution in [0.25, 0.3) is 22.3 Å². The van der Waals surface area contributed by atoms with E-state index in [1.165, 1.54) is 6.33 Å². The van der Waals surface area contributed by atoms with E-state index in [-0.39, 0.29) is 0 Å². The van der Waals surface area contributed by atoms with Crippen molar-refractivity contribution in [3.63, 3.8) is 0 Å². The van der Waals surface area contributed by atoms with Crippen molar-refractivity contribution >= 4 is 16.9 Å². The van der Waals surface area contributed by atoms with Crippen molar-refractivity contribution in [3.05, 3.63) is 48.5 Å². The highest BCUT2D eigenvalue weighted by atomic mass is 16.5. The summed E-state index contributed by atoms with van der Waals surface area (Å²) in [7, 11) is 0. The summed E-state index contributed by atoms with van der Waals surface area (Å²) in [6, 6.07) is 6.68. The Hall–Kier alpha value is -2.73. The molecular formula is C13H9N3O3. The summed E-state index contributed by atoms with van der Waals surface area (Å²) in [5.41, 5.74) is 3.35. The van der Waals surface area contributed by atoms with Crippen LogP contribution in [-0.4, -0.2) is 21.1 Å². The average Bonchev–Trinajstić information content (AvgIpc) is 2.90. The van der Waals surface area contributed by atoms with Crippen LogP contribution in [0, 0.1) is 0 Å². The maximum atomic E-state index is 11.3. The number of benzene rings is 1. The van der Waals surface area contributed by atoms with Gasteiger partial charge >= 0.3 is 0 Å². The molecule has 1 aromatic carbocycles. The van der Waals surface area contributed by atoms with Crippen LogP contribution in [0.15, 0.2) is 47.4 Å². The number of hydrogen-bond acceptors (Lipinski definition) is 5. The second kappa shape index (κ2) is 4.51. The fraction of sp³-hybridized carbons (Fsp3) is 0. The van der Waals surface area contributed by atoms with Crippen molar-refractivity contribution in [3.8, 4) is 11.3 Å². The predicted octanol–water partition coefficient (Wildman–Crippen LogP) is 2.01. The highest BCUT2D eigenvalue weighted by molar-refractivity contribution is 5.97. The number of furan rings is 1. The second-order valence-corrected chi connectivity index (χ2v) is 3.93. The van der Waals surface area contributed by atoms with Crippen LogP contribution in [0.5, 0.6) is 0 Å². The van der Waals surface area contributed by atoms with Crippen LogP contribution < -0.4 is 5.48 Å². The summed E-state index contributed by atoms with van der Waals surface area (Å²) in [5, 5.41) is 9.37. The van der Waals surface area contributed by atoms with Crippen molar-refractivity contribution in [2.75, 3.05) is 0 Å². The number of amides is 1. The smallest absolute Gasteiger partial charge is 0.274 e. The molecule has 0 bridgehead atoms. The molecular weight excluding hydrogens is 246 g/mol. The number of hydroxylamine groups is 1. The summed E-state index contributed by atoms with van der Waals surface area (Å²) in [5.74, 6) is 0.0600. The molecule has 6 heteroatoms. The van der Waals surface area contributed by atoms with Crippen molar-refractivity contribution < 1.29 is 14.4 Å². The van der Waals surface area contributed by atoms with Gasteiger partial charge in [-0.05, 0) is 24.3 Å². The van der Waals surface area contributed by atoms with Crippen LogP contribution in [-0.2, 0) is 0 Å². The third-order valence-corrected chi connectivity index (χ3v) is 2.73. The van der Waals surface area contributed by atoms with E-state index in [4.69, 9.17) is 9.62 Å². The van der Waals surface area contributed by atoms with Gasteiger partial charge in [-0.25, -0.2) is 15.4 Å². The van der Waals surface area contributed by atoms with Gasteiger partial charge in [0.05, 0.1) is 5.56 Å². The summed E-state index contributed by atoms with van der Waals surface area (Å²) in [6.45, 7) is 0. The summed E-state index contributed by atoms with van der Waals surface area (Å²) >= 11 is 0. The van der Waals surface area contributed by atoms with Crippen LogP contribution in [0.1, 0.15) is 10.4 Å². The average molecular weight is 255 g/mol. The molecule has 0 saturated heterocycles. The second-order valence-electron chi connectivity index (χ2n) is 3.93. The van der Waals surface area contributed by atoms with E-state index in [0.29, 0.717) is 16.9 Å². The lowest BCUT2D eigenvalue weighted by Crippen LogP contribution is -2.18. The van der Waals surface area contributed by atoms with Crippen LogP contribution in [0.4, 0.5) is 0 Å². The molecule has 2 heterocycles. The number of nitrogens with one attached hydrogen (secondary N) is 1. The first kappa shape index (κ1) is 11.4. The fourth-order valence-electron chi connectivity index (χ4n) is 1.82. The molecule has 2 N–H and O–H groups in total. The van der Waals surface area contributed by atoms with Gasteiger partial charge in [0.1, 0.15) is 17.7 Å². The Kier molecular flexibility index (Phi) is 2.70. The lowest BCUT2D eigenvalue weighted by molar-refractivity contribution is 0.0706. The zero-order valence-corrected chi connectivity index (χ0v) is 9.70. The Morgan fingerprint density at radius 3 is 2.74 bits per heavy atom. The van der Waals surface area contributed by atoms with Crippen molar-refractivity contribution in [2.45, 2.75) is 0 Å². The van der Waals surface area contributed by atoms with Gasteiger partial charge in [-0.1, -0.05) is 0 Å². The largest absolute Gasteiger partial charge is 0.456 e. The first-order chi connectivity index (χ1) is 9.28. The number of carbonyl (C=O) groups excluding carboxylic acids is 1. The Bertz CT molecular complexity index is 737. The fourth-order valence-corrected chi connectivity index (χ4v) is 1.82. The molecule has 0 saturated carbocycles. The Labute approximate surface area is 107 Å². The minimum Gasteiger partial charge on any atom is -0.456 e. The molecule has 0 atom stereocenters. The van der Waals surface area contributed by atoms with Gasteiger partial charge in [-0.3, -0.25) is 10.0 Å². The topological polar surface area (TPSA) is 88.2 Å². The third kappa shape index (κ3) is 2.04. The van der Waals surface area contributed by atoms with Gasteiger partial charge < -0.3 is 4.42 Å². The number of hydrogen-bond donors (Lipinski definition) is 2. The highest BCUT2D eigenvalue weighted by Crippen LogP contribution is 2.27. The molecule has 0 fully saturated rings. The molecule has 0 aliphatic rings. The lowest BCUT2D eigenvalue weighted by Gasteiger charge is -1.97. The van der Waals surface area contributed by atoms with E-state index in [9.17, 15) is 4.79 Å². The molecule has 94 valence electrons. The maximum absolute atomic E-state index is 11.3. The van der Waals surface area contributed by atoms with Gasteiger partial charge in [0, 0.05) is 23.3 Å². The molecule has 6 nitrogen and oxygen atoms in total. The van der Waals surface area contributed by atoms with Gasteiger partial charge in [-0.15, -0.1) is 0 Å². The van der Waals surface area contributed by atoms with Gasteiger partial charge in [0.15, 0.2) is 0 Å². The summed E-state index contributed by atoms with van der Waals surface area (Å²) in [6.07, 6.45) is 4.73. The van der Waals surface area contributed by atoms with Crippen LogP contribution in [0.2, 0.25) is 0 Å². The van der Waals surface area contributed by atoms with Gasteiger partial charge in [0.2, 0.25) is 0 Å². The monoisotopic (exact) mass is 255 g/mol. The SMILES string of the molecule is O=C(NO)c1ccc2oc(-c3cncnc3)cc2c1. The molecule has 2 aromatic heterocycles. The Morgan fingerprint density at radius 1 is 1.21 bits per heavy atom. The maximum Gasteiger partial charge on any atom is 0.274 e. The van der Waals surface area contributed by atoms with Crippen molar-refractivity contribution in [2.24, 2.45) is 0 Å². The van der Waals surface area contributed by atoms with E-state index in [1.807, 2.05) is 0 Å². The Balaban J connectivity index is 2.09. The van der Waals surface area contributed by atoms with Gasteiger partial charge in [-0.2, -0.15) is 0 Å². The predicted molar refractivity (Wildman–Crippen MR) is 66.5 cm³/mol. The molecule has 3 aromatic rings. The lowest BCUT2D eigenvalue weighted by atomic mass is 10.1. The quantitative estimate of drug-likeness (QED) is 0.540. The number of rotatable bonds is 2. The number of fused-ring (bicyclic) bond motifs is 1. The van der Waals surface area contributed by atoms with Crippen molar-refractivity contribution in [1.82, 2.24) is 15.4 Å². The normalized spacial score (nSPS) is 10.6. The third-order valence-electron chi connectivity index (χ3n) is 2.73. The molecule has 0 spiro atoms. The van der Waals surface area contributed by atoms with Crippen LogP contribution >= 0.6 is 0 Å². The first-order valence-corrected chi connectivity index (χ1v) is 5.51. The first-order valence-electron chi connectivity index (χ1n) is 5.51. The molecule has 0 radical (unpaired) electrons. The minimum absolute atomic E-state index is 0.353. The highest BCUT2D eigenvalue weighted by Gasteiger charge is 2.10. The number of nitrogens with zero attached hydrogens (tertiary/aromatic N) is 2. The molecule has 19 heavy (non-hydrogen) atoms. The molecule has 0 aliphatic heterocycles. The van der Waals surface area contributed by atoms with Crippen LogP contribution in [0.3, 0.4) is 0 Å². The van der Waals surface area contributed by atoms with Gasteiger partial charge in [0.25, 0.3) is 5.91 Å². The van der Waals surface area contributed by atoms with Crippen molar-refractivity contribution in [1.29, 1.82) is 0 Å². The van der Waals surface area contributed by atoms with E-state index in [1.54, 1.807) is 42.1 Å². The van der Waals surface area contributed by atoms with E-state index >= 15 is 0 Å². The Morgan fingerprint density at radius 2 is 2.00 bits per heavy atom. The van der Waals surface area contributed by atoms with E-state index in [0.717, 1.165) is 10.9 Å². The standard InChI is InChI=1S/C13H9N3O3/c17-13(16-18)8-1-2-11-9(3-8)4-12(19-11)10-5-14-7-15-6-10/h1-7,18H,(H,16,17). The zero-order valence-electron chi connectivity index (χ0n) is 9.70. The molecule has 1 amide bonds. The minimum atomic E-state index is -0.562. The van der Waals surface area contributed by atoms with E-state index in [2.05, 4.69) is 9.97 Å². The molecule has 3 rings (SSSR count). The van der Waals surface area contributed by atoms with E-state index < -0.39 is 5.91 Å².